The Morgan fingerprint density at radius 1 is 1.19 bits per heavy atom. The van der Waals surface area contributed by atoms with E-state index in [-0.39, 0.29) is 5.82 Å². The first-order valence-corrected chi connectivity index (χ1v) is 12.4. The maximum Gasteiger partial charge on any atom is 0.490 e. The van der Waals surface area contributed by atoms with Gasteiger partial charge in [-0.1, -0.05) is 0 Å². The molecule has 1 aliphatic rings. The fraction of sp³-hybridized carbons (Fsp3) is 0.600. The molecule has 0 radical (unpaired) electrons. The number of anilines is 1. The van der Waals surface area contributed by atoms with Crippen molar-refractivity contribution in [3.8, 4) is 0 Å². The first-order chi connectivity index (χ1) is 14.4. The number of halogens is 2. The second-order valence-electron chi connectivity index (χ2n) is 6.11. The number of hydrogen-bond acceptors (Lipinski definition) is 12. The zero-order valence-electron chi connectivity index (χ0n) is 15.2. The van der Waals surface area contributed by atoms with Crippen LogP contribution in [-0.2, 0) is 31.6 Å². The zero-order chi connectivity index (χ0) is 24.7. The number of hydrogen-bond donors (Lipinski definition) is 7. The van der Waals surface area contributed by atoms with Gasteiger partial charge in [0.25, 0.3) is 6.43 Å². The van der Waals surface area contributed by atoms with Gasteiger partial charge in [0.2, 0.25) is 0 Å². The summed E-state index contributed by atoms with van der Waals surface area (Å²) in [6, 6.07) is 1.03. The standard InChI is InChI=1S/C10H16F2N3O14P3/c11-8(12)10(3-26-31(22,23)29-32(24,25)28-30(19,20)21)6(17)5(16)7(27-10)15-2-1-4(13)14-9(15)18/h1-2,5-8,16-17H,3H2,(H,22,23)(H,24,25)(H2,13,14,18)(H2,19,20,21)/t5-,6-,7?,10+/m0/s1. The average molecular weight is 533 g/mol. The van der Waals surface area contributed by atoms with Crippen molar-refractivity contribution in [1.29, 1.82) is 0 Å². The lowest BCUT2D eigenvalue weighted by atomic mass is 9.96. The van der Waals surface area contributed by atoms with Crippen LogP contribution >= 0.6 is 23.5 Å². The Kier molecular flexibility index (Phi) is 7.81. The molecule has 0 aliphatic carbocycles. The van der Waals surface area contributed by atoms with Crippen LogP contribution in [0.1, 0.15) is 6.23 Å². The molecule has 0 saturated carbocycles. The van der Waals surface area contributed by atoms with Gasteiger partial charge in [0.15, 0.2) is 11.8 Å². The van der Waals surface area contributed by atoms with Crippen molar-refractivity contribution < 1.29 is 70.1 Å². The molecule has 6 atom stereocenters. The van der Waals surface area contributed by atoms with Crippen LogP contribution in [0, 0.1) is 0 Å². The summed E-state index contributed by atoms with van der Waals surface area (Å²) in [5.74, 6) is -0.271. The molecular formula is C10H16F2N3O14P3. The summed E-state index contributed by atoms with van der Waals surface area (Å²) in [5, 5.41) is 20.2. The van der Waals surface area contributed by atoms with Gasteiger partial charge >= 0.3 is 29.2 Å². The second-order valence-corrected chi connectivity index (χ2v) is 10.5. The van der Waals surface area contributed by atoms with E-state index in [0.29, 0.717) is 4.57 Å². The topological polar surface area (TPSA) is 270 Å². The van der Waals surface area contributed by atoms with E-state index in [2.05, 4.69) is 18.1 Å². The second kappa shape index (κ2) is 9.23. The van der Waals surface area contributed by atoms with E-state index in [9.17, 15) is 42.4 Å². The largest absolute Gasteiger partial charge is 0.490 e. The molecule has 1 aliphatic heterocycles. The van der Waals surface area contributed by atoms with Crippen LogP contribution in [0.25, 0.3) is 0 Å². The Labute approximate surface area is 175 Å². The van der Waals surface area contributed by atoms with E-state index < -0.39 is 66.2 Å². The van der Waals surface area contributed by atoms with Crippen molar-refractivity contribution in [3.05, 3.63) is 22.7 Å². The van der Waals surface area contributed by atoms with E-state index in [0.717, 1.165) is 12.3 Å². The number of ether oxygens (including phenoxy) is 1. The van der Waals surface area contributed by atoms with Crippen molar-refractivity contribution in [3.63, 3.8) is 0 Å². The molecule has 3 unspecified atom stereocenters. The lowest BCUT2D eigenvalue weighted by molar-refractivity contribution is -0.193. The third kappa shape index (κ3) is 6.24. The maximum absolute atomic E-state index is 13.8. The third-order valence-corrected chi connectivity index (χ3v) is 7.60. The summed E-state index contributed by atoms with van der Waals surface area (Å²) in [7, 11) is -17.5. The highest BCUT2D eigenvalue weighted by Crippen LogP contribution is 2.66. The van der Waals surface area contributed by atoms with Crippen molar-refractivity contribution >= 4 is 29.3 Å². The van der Waals surface area contributed by atoms with Gasteiger partial charge in [0.1, 0.15) is 18.0 Å². The highest BCUT2D eigenvalue weighted by molar-refractivity contribution is 7.66. The van der Waals surface area contributed by atoms with Crippen molar-refractivity contribution in [1.82, 2.24) is 9.55 Å². The first-order valence-electron chi connectivity index (χ1n) is 7.84. The van der Waals surface area contributed by atoms with Gasteiger partial charge in [-0.2, -0.15) is 13.6 Å². The smallest absolute Gasteiger partial charge is 0.387 e. The maximum atomic E-state index is 13.8. The Bertz CT molecular complexity index is 1050. The van der Waals surface area contributed by atoms with Crippen LogP contribution in [0.5, 0.6) is 0 Å². The predicted octanol–water partition coefficient (Wildman–Crippen LogP) is -1.58. The number of phosphoric ester groups is 1. The van der Waals surface area contributed by atoms with E-state index in [1.54, 1.807) is 0 Å². The van der Waals surface area contributed by atoms with Crippen LogP contribution in [0.4, 0.5) is 14.6 Å². The number of aliphatic hydroxyl groups excluding tert-OH is 2. The molecule has 2 rings (SSSR count). The zero-order valence-corrected chi connectivity index (χ0v) is 17.9. The van der Waals surface area contributed by atoms with Gasteiger partial charge in [0.05, 0.1) is 6.61 Å². The molecule has 0 amide bonds. The highest BCUT2D eigenvalue weighted by Gasteiger charge is 2.61. The van der Waals surface area contributed by atoms with Gasteiger partial charge in [-0.15, -0.1) is 0 Å². The van der Waals surface area contributed by atoms with Crippen LogP contribution in [0.2, 0.25) is 0 Å². The minimum atomic E-state index is -5.95. The lowest BCUT2D eigenvalue weighted by Gasteiger charge is -2.31. The molecule has 1 fully saturated rings. The minimum absolute atomic E-state index is 0.271. The van der Waals surface area contributed by atoms with Crippen molar-refractivity contribution in [2.24, 2.45) is 0 Å². The van der Waals surface area contributed by atoms with E-state index in [4.69, 9.17) is 25.2 Å². The first kappa shape index (κ1) is 27.1. The molecule has 22 heteroatoms. The summed E-state index contributed by atoms with van der Waals surface area (Å²) in [4.78, 5) is 50.6. The Morgan fingerprint density at radius 3 is 2.28 bits per heavy atom. The van der Waals surface area contributed by atoms with Gasteiger partial charge in [-0.3, -0.25) is 9.09 Å². The summed E-state index contributed by atoms with van der Waals surface area (Å²) in [6.45, 7) is -1.79. The van der Waals surface area contributed by atoms with Crippen molar-refractivity contribution in [2.75, 3.05) is 12.3 Å². The molecule has 0 bridgehead atoms. The molecule has 8 N–H and O–H groups in total. The molecule has 0 spiro atoms. The summed E-state index contributed by atoms with van der Waals surface area (Å²) in [5.41, 5.74) is 0.805. The molecule has 17 nitrogen and oxygen atoms in total. The number of aliphatic hydroxyl groups is 2. The molecule has 1 aromatic heterocycles. The lowest BCUT2D eigenvalue weighted by Crippen LogP contribution is -2.52. The molecule has 2 heterocycles. The van der Waals surface area contributed by atoms with Gasteiger partial charge < -0.3 is 40.3 Å². The van der Waals surface area contributed by atoms with E-state index in [1.807, 2.05) is 0 Å². The Balaban J connectivity index is 2.27. The van der Waals surface area contributed by atoms with Gasteiger partial charge in [-0.25, -0.2) is 27.3 Å². The van der Waals surface area contributed by atoms with Crippen LogP contribution in [0.3, 0.4) is 0 Å². The summed E-state index contributed by atoms with van der Waals surface area (Å²) in [6.07, 6.45) is -9.69. The SMILES string of the molecule is Nc1ccn(C2O[C@@](COP(=O)(O)OP(=O)(O)OP(=O)(O)O)(C(F)F)[C@@H](O)[C@@H]2O)c(=O)n1. The van der Waals surface area contributed by atoms with Gasteiger partial charge in [0, 0.05) is 6.20 Å². The number of rotatable bonds is 9. The number of phosphoric acid groups is 3. The Morgan fingerprint density at radius 2 is 1.78 bits per heavy atom. The quantitative estimate of drug-likeness (QED) is 0.177. The monoisotopic (exact) mass is 533 g/mol. The number of alkyl halides is 2. The van der Waals surface area contributed by atoms with Gasteiger partial charge in [-0.05, 0) is 6.07 Å². The summed E-state index contributed by atoms with van der Waals surface area (Å²) < 4.78 is 77.5. The molecule has 184 valence electrons. The van der Waals surface area contributed by atoms with E-state index in [1.165, 1.54) is 0 Å². The molecule has 32 heavy (non-hydrogen) atoms. The molecule has 1 aromatic rings. The van der Waals surface area contributed by atoms with Crippen molar-refractivity contribution in [2.45, 2.75) is 30.5 Å². The third-order valence-electron chi connectivity index (χ3n) is 3.82. The fourth-order valence-electron chi connectivity index (χ4n) is 2.50. The van der Waals surface area contributed by atoms with Crippen LogP contribution < -0.4 is 11.4 Å². The molecular weight excluding hydrogens is 517 g/mol. The number of nitrogens with two attached hydrogens (primary N) is 1. The number of aromatic nitrogens is 2. The van der Waals surface area contributed by atoms with Crippen LogP contribution in [0.15, 0.2) is 17.1 Å². The predicted molar refractivity (Wildman–Crippen MR) is 93.6 cm³/mol. The minimum Gasteiger partial charge on any atom is -0.387 e. The Hall–Kier alpha value is -1.17. The summed E-state index contributed by atoms with van der Waals surface area (Å²) >= 11 is 0. The fourth-order valence-corrected chi connectivity index (χ4v) is 5.56. The normalized spacial score (nSPS) is 30.2. The van der Waals surface area contributed by atoms with E-state index >= 15 is 0 Å². The number of nitrogens with zero attached hydrogens (tertiary/aromatic N) is 2. The number of nitrogen functional groups attached to an aromatic ring is 1. The average Bonchev–Trinajstić information content (AvgIpc) is 2.83. The highest BCUT2D eigenvalue weighted by atomic mass is 31.3. The molecule has 1 saturated heterocycles. The van der Waals surface area contributed by atoms with Crippen LogP contribution in [-0.4, -0.2) is 70.2 Å². The molecule has 0 aromatic carbocycles.